The number of piperidine rings is 1. The second-order valence-electron chi connectivity index (χ2n) is 7.43. The van der Waals surface area contributed by atoms with Crippen molar-refractivity contribution in [2.75, 3.05) is 25.0 Å². The van der Waals surface area contributed by atoms with E-state index >= 15 is 0 Å². The lowest BCUT2D eigenvalue weighted by molar-refractivity contribution is 0.0949. The number of rotatable bonds is 5. The molecule has 3 amide bonds. The molecule has 0 unspecified atom stereocenters. The molecule has 1 fully saturated rings. The topological polar surface area (TPSA) is 61.4 Å². The number of halogens is 2. The van der Waals surface area contributed by atoms with E-state index in [-0.39, 0.29) is 17.6 Å². The normalized spacial score (nSPS) is 14.5. The van der Waals surface area contributed by atoms with Gasteiger partial charge in [-0.1, -0.05) is 17.7 Å². The van der Waals surface area contributed by atoms with Crippen molar-refractivity contribution in [1.29, 1.82) is 0 Å². The number of nitrogens with zero attached hydrogens (tertiary/aromatic N) is 1. The van der Waals surface area contributed by atoms with Crippen LogP contribution in [0.3, 0.4) is 0 Å². The maximum atomic E-state index is 13.2. The van der Waals surface area contributed by atoms with Crippen molar-refractivity contribution in [2.24, 2.45) is 5.92 Å². The number of benzene rings is 2. The minimum atomic E-state index is -0.730. The molecule has 1 saturated heterocycles. The quantitative estimate of drug-likeness (QED) is 0.783. The van der Waals surface area contributed by atoms with Gasteiger partial charge in [-0.25, -0.2) is 13.6 Å². The number of aryl methyl sites for hydroxylation is 1. The van der Waals surface area contributed by atoms with Crippen molar-refractivity contribution >= 4 is 17.6 Å². The molecule has 3 rings (SSSR count). The average Bonchev–Trinajstić information content (AvgIpc) is 2.67. The summed E-state index contributed by atoms with van der Waals surface area (Å²) in [5, 5.41) is 5.49. The number of hydrogen-bond donors (Lipinski definition) is 2. The summed E-state index contributed by atoms with van der Waals surface area (Å²) in [7, 11) is 0. The monoisotopic (exact) mass is 401 g/mol. The largest absolute Gasteiger partial charge is 0.352 e. The number of carbonyl (C=O) groups is 2. The molecule has 29 heavy (non-hydrogen) atoms. The predicted octanol–water partition coefficient (Wildman–Crippen LogP) is 4.34. The van der Waals surface area contributed by atoms with E-state index in [1.807, 2.05) is 25.1 Å². The Balaban J connectivity index is 1.40. The maximum absolute atomic E-state index is 13.2. The van der Waals surface area contributed by atoms with Gasteiger partial charge in [-0.15, -0.1) is 0 Å². The third kappa shape index (κ3) is 6.01. The Morgan fingerprint density at radius 3 is 2.41 bits per heavy atom. The summed E-state index contributed by atoms with van der Waals surface area (Å²) in [6, 6.07) is 10.0. The summed E-state index contributed by atoms with van der Waals surface area (Å²) in [5.74, 6) is -1.12. The fourth-order valence-corrected chi connectivity index (χ4v) is 3.53. The average molecular weight is 401 g/mol. The molecule has 0 spiro atoms. The Morgan fingerprint density at radius 2 is 1.76 bits per heavy atom. The third-order valence-corrected chi connectivity index (χ3v) is 5.13. The predicted molar refractivity (Wildman–Crippen MR) is 108 cm³/mol. The van der Waals surface area contributed by atoms with Crippen molar-refractivity contribution in [3.05, 3.63) is 65.2 Å². The van der Waals surface area contributed by atoms with Gasteiger partial charge < -0.3 is 15.5 Å². The molecule has 0 saturated carbocycles. The van der Waals surface area contributed by atoms with Crippen LogP contribution in [-0.4, -0.2) is 36.5 Å². The SMILES string of the molecule is Cc1cccc(C(=O)NCCC2CCN(C(=O)Nc3cc(F)cc(F)c3)CC2)c1. The van der Waals surface area contributed by atoms with Gasteiger partial charge in [0.25, 0.3) is 5.91 Å². The summed E-state index contributed by atoms with van der Waals surface area (Å²) in [4.78, 5) is 26.1. The van der Waals surface area contributed by atoms with E-state index in [1.54, 1.807) is 11.0 Å². The Kier molecular flexibility index (Phi) is 6.80. The molecule has 154 valence electrons. The number of anilines is 1. The van der Waals surface area contributed by atoms with Crippen LogP contribution in [0.15, 0.2) is 42.5 Å². The molecule has 1 heterocycles. The van der Waals surface area contributed by atoms with Crippen LogP contribution in [0.2, 0.25) is 0 Å². The Morgan fingerprint density at radius 1 is 1.07 bits per heavy atom. The molecule has 1 aliphatic rings. The summed E-state index contributed by atoms with van der Waals surface area (Å²) in [6.07, 6.45) is 2.50. The van der Waals surface area contributed by atoms with E-state index in [0.29, 0.717) is 31.1 Å². The van der Waals surface area contributed by atoms with E-state index < -0.39 is 11.6 Å². The summed E-state index contributed by atoms with van der Waals surface area (Å²) in [5.41, 5.74) is 1.81. The summed E-state index contributed by atoms with van der Waals surface area (Å²) >= 11 is 0. The summed E-state index contributed by atoms with van der Waals surface area (Å²) < 4.78 is 26.5. The van der Waals surface area contributed by atoms with E-state index in [4.69, 9.17) is 0 Å². The fraction of sp³-hybridized carbons (Fsp3) is 0.364. The number of urea groups is 1. The zero-order chi connectivity index (χ0) is 20.8. The van der Waals surface area contributed by atoms with Crippen molar-refractivity contribution < 1.29 is 18.4 Å². The standard InChI is InChI=1S/C22H25F2N3O2/c1-15-3-2-4-17(11-15)21(28)25-8-5-16-6-9-27(10-7-16)22(29)26-20-13-18(23)12-19(24)14-20/h2-4,11-14,16H,5-10H2,1H3,(H,25,28)(H,26,29). The molecule has 2 aromatic carbocycles. The van der Waals surface area contributed by atoms with Gasteiger partial charge in [0.1, 0.15) is 11.6 Å². The molecule has 1 aliphatic heterocycles. The maximum Gasteiger partial charge on any atom is 0.321 e. The van der Waals surface area contributed by atoms with Crippen molar-refractivity contribution in [2.45, 2.75) is 26.2 Å². The number of hydrogen-bond acceptors (Lipinski definition) is 2. The highest BCUT2D eigenvalue weighted by Crippen LogP contribution is 2.21. The van der Waals surface area contributed by atoms with Crippen LogP contribution in [0.1, 0.15) is 35.2 Å². The van der Waals surface area contributed by atoms with Gasteiger partial charge in [0, 0.05) is 37.0 Å². The second-order valence-corrected chi connectivity index (χ2v) is 7.43. The van der Waals surface area contributed by atoms with Gasteiger partial charge in [-0.3, -0.25) is 4.79 Å². The molecule has 5 nitrogen and oxygen atoms in total. The number of nitrogens with one attached hydrogen (secondary N) is 2. The minimum absolute atomic E-state index is 0.0761. The van der Waals surface area contributed by atoms with E-state index in [9.17, 15) is 18.4 Å². The molecule has 0 radical (unpaired) electrons. The number of carbonyl (C=O) groups excluding carboxylic acids is 2. The minimum Gasteiger partial charge on any atom is -0.352 e. The molecule has 2 N–H and O–H groups in total. The number of amides is 3. The van der Waals surface area contributed by atoms with Crippen LogP contribution in [-0.2, 0) is 0 Å². The van der Waals surface area contributed by atoms with Gasteiger partial charge in [0.15, 0.2) is 0 Å². The zero-order valence-electron chi connectivity index (χ0n) is 16.4. The zero-order valence-corrected chi connectivity index (χ0v) is 16.4. The first-order valence-electron chi connectivity index (χ1n) is 9.77. The Hall–Kier alpha value is -2.96. The van der Waals surface area contributed by atoms with E-state index in [0.717, 1.165) is 43.0 Å². The molecule has 2 aromatic rings. The van der Waals surface area contributed by atoms with E-state index in [1.165, 1.54) is 0 Å². The van der Waals surface area contributed by atoms with E-state index in [2.05, 4.69) is 10.6 Å². The first-order chi connectivity index (χ1) is 13.9. The van der Waals surface area contributed by atoms with Crippen molar-refractivity contribution in [3.63, 3.8) is 0 Å². The van der Waals surface area contributed by atoms with Crippen LogP contribution in [0.4, 0.5) is 19.3 Å². The molecule has 0 aliphatic carbocycles. The first kappa shape index (κ1) is 20.8. The van der Waals surface area contributed by atoms with Crippen LogP contribution in [0, 0.1) is 24.5 Å². The molecular weight excluding hydrogens is 376 g/mol. The molecular formula is C22H25F2N3O2. The van der Waals surface area contributed by atoms with Gasteiger partial charge in [-0.2, -0.15) is 0 Å². The Bertz CT molecular complexity index is 860. The third-order valence-electron chi connectivity index (χ3n) is 5.13. The van der Waals surface area contributed by atoms with Gasteiger partial charge in [0.05, 0.1) is 0 Å². The van der Waals surface area contributed by atoms with Crippen LogP contribution >= 0.6 is 0 Å². The summed E-state index contributed by atoms with van der Waals surface area (Å²) in [6.45, 7) is 3.68. The van der Waals surface area contributed by atoms with Crippen LogP contribution < -0.4 is 10.6 Å². The highest BCUT2D eigenvalue weighted by Gasteiger charge is 2.23. The van der Waals surface area contributed by atoms with Gasteiger partial charge in [-0.05, 0) is 56.4 Å². The highest BCUT2D eigenvalue weighted by molar-refractivity contribution is 5.94. The van der Waals surface area contributed by atoms with Gasteiger partial charge >= 0.3 is 6.03 Å². The van der Waals surface area contributed by atoms with Crippen LogP contribution in [0.5, 0.6) is 0 Å². The van der Waals surface area contributed by atoms with Crippen molar-refractivity contribution in [1.82, 2.24) is 10.2 Å². The lowest BCUT2D eigenvalue weighted by Gasteiger charge is -2.32. The van der Waals surface area contributed by atoms with Crippen LogP contribution in [0.25, 0.3) is 0 Å². The molecule has 0 bridgehead atoms. The smallest absolute Gasteiger partial charge is 0.321 e. The Labute approximate surface area is 169 Å². The molecule has 0 aromatic heterocycles. The van der Waals surface area contributed by atoms with Crippen molar-refractivity contribution in [3.8, 4) is 0 Å². The fourth-order valence-electron chi connectivity index (χ4n) is 3.53. The molecule has 7 heteroatoms. The first-order valence-corrected chi connectivity index (χ1v) is 9.77. The lowest BCUT2D eigenvalue weighted by Crippen LogP contribution is -2.41. The molecule has 0 atom stereocenters. The number of likely N-dealkylation sites (tertiary alicyclic amines) is 1. The highest BCUT2D eigenvalue weighted by atomic mass is 19.1. The second kappa shape index (κ2) is 9.49. The van der Waals surface area contributed by atoms with Gasteiger partial charge in [0.2, 0.25) is 0 Å². The lowest BCUT2D eigenvalue weighted by atomic mass is 9.93.